The summed E-state index contributed by atoms with van der Waals surface area (Å²) < 4.78 is 13.3. The van der Waals surface area contributed by atoms with Crippen LogP contribution in [0.25, 0.3) is 11.4 Å². The average Bonchev–Trinajstić information content (AvgIpc) is 3.24. The van der Waals surface area contributed by atoms with E-state index in [9.17, 15) is 0 Å². The first-order chi connectivity index (χ1) is 15.1. The van der Waals surface area contributed by atoms with Crippen LogP contribution in [0.1, 0.15) is 54.8 Å². The van der Waals surface area contributed by atoms with Gasteiger partial charge in [0.15, 0.2) is 22.5 Å². The van der Waals surface area contributed by atoms with Gasteiger partial charge >= 0.3 is 0 Å². The summed E-state index contributed by atoms with van der Waals surface area (Å²) in [5.41, 5.74) is 4.99. The van der Waals surface area contributed by atoms with Gasteiger partial charge in [0.2, 0.25) is 0 Å². The summed E-state index contributed by atoms with van der Waals surface area (Å²) in [5, 5.41) is 10.3. The van der Waals surface area contributed by atoms with Crippen LogP contribution in [0.15, 0.2) is 41.6 Å². The van der Waals surface area contributed by atoms with Gasteiger partial charge in [-0.3, -0.25) is 4.57 Å². The van der Waals surface area contributed by atoms with Crippen molar-refractivity contribution in [3.8, 4) is 22.9 Å². The fraction of sp³-hybridized carbons (Fsp3) is 0.440. The molecule has 0 N–H and O–H groups in total. The van der Waals surface area contributed by atoms with E-state index in [0.717, 1.165) is 28.0 Å². The van der Waals surface area contributed by atoms with E-state index in [2.05, 4.69) is 46.8 Å². The average molecular weight is 438 g/mol. The highest BCUT2D eigenvalue weighted by Gasteiger charge is 2.24. The molecule has 0 aliphatic heterocycles. The van der Waals surface area contributed by atoms with Crippen LogP contribution in [0.5, 0.6) is 11.5 Å². The van der Waals surface area contributed by atoms with Crippen LogP contribution in [-0.2, 0) is 5.75 Å². The SMILES string of the molecule is COc1ccc(-c2nnc(SCc3ccc(C)c(C)c3)n2C2CCCCC2)cc1OC. The molecule has 1 aliphatic carbocycles. The molecule has 0 amide bonds. The molecule has 0 spiro atoms. The fourth-order valence-electron chi connectivity index (χ4n) is 4.26. The molecule has 0 unspecified atom stereocenters. The molecule has 1 aliphatic rings. The van der Waals surface area contributed by atoms with Crippen LogP contribution in [0.2, 0.25) is 0 Å². The molecular formula is C25H31N3O2S. The van der Waals surface area contributed by atoms with Crippen molar-refractivity contribution in [3.63, 3.8) is 0 Å². The molecule has 0 radical (unpaired) electrons. The summed E-state index contributed by atoms with van der Waals surface area (Å²) >= 11 is 1.77. The van der Waals surface area contributed by atoms with Crippen LogP contribution < -0.4 is 9.47 Å². The van der Waals surface area contributed by atoms with Gasteiger partial charge in [-0.05, 0) is 61.6 Å². The predicted molar refractivity (Wildman–Crippen MR) is 126 cm³/mol. The van der Waals surface area contributed by atoms with E-state index in [4.69, 9.17) is 9.47 Å². The number of nitrogens with zero attached hydrogens (tertiary/aromatic N) is 3. The van der Waals surface area contributed by atoms with Gasteiger partial charge in [-0.1, -0.05) is 49.2 Å². The zero-order chi connectivity index (χ0) is 21.8. The van der Waals surface area contributed by atoms with Crippen LogP contribution >= 0.6 is 11.8 Å². The van der Waals surface area contributed by atoms with Crippen LogP contribution in [-0.4, -0.2) is 29.0 Å². The van der Waals surface area contributed by atoms with E-state index < -0.39 is 0 Å². The van der Waals surface area contributed by atoms with E-state index in [-0.39, 0.29) is 0 Å². The number of rotatable bonds is 7. The Hall–Kier alpha value is -2.47. The molecule has 2 aromatic carbocycles. The molecule has 1 heterocycles. The Labute approximate surface area is 189 Å². The van der Waals surface area contributed by atoms with E-state index in [0.29, 0.717) is 11.8 Å². The van der Waals surface area contributed by atoms with Crippen molar-refractivity contribution in [2.75, 3.05) is 14.2 Å². The minimum absolute atomic E-state index is 0.439. The molecule has 6 heteroatoms. The quantitative estimate of drug-likeness (QED) is 0.402. The number of hydrogen-bond acceptors (Lipinski definition) is 5. The third-order valence-electron chi connectivity index (χ3n) is 6.19. The Balaban J connectivity index is 1.67. The highest BCUT2D eigenvalue weighted by atomic mass is 32.2. The summed E-state index contributed by atoms with van der Waals surface area (Å²) in [5.74, 6) is 3.23. The van der Waals surface area contributed by atoms with E-state index in [1.807, 2.05) is 18.2 Å². The van der Waals surface area contributed by atoms with E-state index in [1.165, 1.54) is 48.8 Å². The fourth-order valence-corrected chi connectivity index (χ4v) is 5.21. The minimum atomic E-state index is 0.439. The topological polar surface area (TPSA) is 49.2 Å². The Morgan fingerprint density at radius 1 is 0.903 bits per heavy atom. The molecule has 31 heavy (non-hydrogen) atoms. The van der Waals surface area contributed by atoms with Gasteiger partial charge in [0.25, 0.3) is 0 Å². The van der Waals surface area contributed by atoms with Gasteiger partial charge in [0.1, 0.15) is 0 Å². The van der Waals surface area contributed by atoms with Crippen LogP contribution in [0.4, 0.5) is 0 Å². The largest absolute Gasteiger partial charge is 0.493 e. The molecule has 3 aromatic rings. The zero-order valence-electron chi connectivity index (χ0n) is 18.9. The highest BCUT2D eigenvalue weighted by molar-refractivity contribution is 7.98. The second-order valence-electron chi connectivity index (χ2n) is 8.25. The zero-order valence-corrected chi connectivity index (χ0v) is 19.7. The number of aryl methyl sites for hydroxylation is 2. The Morgan fingerprint density at radius 2 is 1.68 bits per heavy atom. The number of thioether (sulfide) groups is 1. The van der Waals surface area contributed by atoms with Crippen LogP contribution in [0, 0.1) is 13.8 Å². The number of methoxy groups -OCH3 is 2. The van der Waals surface area contributed by atoms with Crippen molar-refractivity contribution >= 4 is 11.8 Å². The van der Waals surface area contributed by atoms with Crippen molar-refractivity contribution in [1.82, 2.24) is 14.8 Å². The first kappa shape index (κ1) is 21.8. The lowest BCUT2D eigenvalue weighted by molar-refractivity contribution is 0.339. The first-order valence-corrected chi connectivity index (χ1v) is 12.0. The maximum atomic E-state index is 5.53. The lowest BCUT2D eigenvalue weighted by atomic mass is 9.95. The maximum Gasteiger partial charge on any atom is 0.192 e. The standard InChI is InChI=1S/C25H31N3O2S/c1-17-10-11-19(14-18(17)2)16-31-25-27-26-24(28(25)21-8-6-5-7-9-21)20-12-13-22(29-3)23(15-20)30-4/h10-15,21H,5-9,16H2,1-4H3. The molecule has 164 valence electrons. The number of benzene rings is 2. The van der Waals surface area contributed by atoms with Crippen molar-refractivity contribution in [3.05, 3.63) is 53.1 Å². The third-order valence-corrected chi connectivity index (χ3v) is 7.20. The lowest BCUT2D eigenvalue weighted by Gasteiger charge is -2.25. The smallest absolute Gasteiger partial charge is 0.192 e. The Bertz CT molecular complexity index is 1040. The lowest BCUT2D eigenvalue weighted by Crippen LogP contribution is -2.15. The third kappa shape index (κ3) is 4.74. The van der Waals surface area contributed by atoms with Gasteiger partial charge in [-0.2, -0.15) is 0 Å². The molecule has 0 saturated heterocycles. The monoisotopic (exact) mass is 437 g/mol. The minimum Gasteiger partial charge on any atom is -0.493 e. The molecule has 0 atom stereocenters. The summed E-state index contributed by atoms with van der Waals surface area (Å²) in [6.45, 7) is 4.32. The second kappa shape index (κ2) is 9.77. The summed E-state index contributed by atoms with van der Waals surface area (Å²) in [4.78, 5) is 0. The summed E-state index contributed by atoms with van der Waals surface area (Å²) in [6, 6.07) is 13.1. The van der Waals surface area contributed by atoms with Gasteiger partial charge in [-0.15, -0.1) is 10.2 Å². The Kier molecular flexibility index (Phi) is 6.86. The molecule has 1 fully saturated rings. The number of aromatic nitrogens is 3. The Morgan fingerprint density at radius 3 is 2.39 bits per heavy atom. The molecule has 5 nitrogen and oxygen atoms in total. The second-order valence-corrected chi connectivity index (χ2v) is 9.19. The molecule has 1 saturated carbocycles. The van der Waals surface area contributed by atoms with E-state index in [1.54, 1.807) is 26.0 Å². The first-order valence-electron chi connectivity index (χ1n) is 11.0. The van der Waals surface area contributed by atoms with Gasteiger partial charge in [0.05, 0.1) is 14.2 Å². The predicted octanol–water partition coefficient (Wildman–Crippen LogP) is 6.38. The van der Waals surface area contributed by atoms with Crippen molar-refractivity contribution in [2.24, 2.45) is 0 Å². The number of ether oxygens (including phenoxy) is 2. The number of hydrogen-bond donors (Lipinski definition) is 0. The van der Waals surface area contributed by atoms with Gasteiger partial charge in [0, 0.05) is 17.4 Å². The maximum absolute atomic E-state index is 5.53. The molecular weight excluding hydrogens is 406 g/mol. The highest BCUT2D eigenvalue weighted by Crippen LogP contribution is 2.38. The molecule has 4 rings (SSSR count). The van der Waals surface area contributed by atoms with Gasteiger partial charge < -0.3 is 9.47 Å². The van der Waals surface area contributed by atoms with Crippen molar-refractivity contribution in [1.29, 1.82) is 0 Å². The van der Waals surface area contributed by atoms with Crippen molar-refractivity contribution in [2.45, 2.75) is 62.9 Å². The summed E-state index contributed by atoms with van der Waals surface area (Å²) in [6.07, 6.45) is 6.19. The molecule has 1 aromatic heterocycles. The van der Waals surface area contributed by atoms with E-state index >= 15 is 0 Å². The molecule has 0 bridgehead atoms. The van der Waals surface area contributed by atoms with Crippen molar-refractivity contribution < 1.29 is 9.47 Å². The normalized spacial score (nSPS) is 14.6. The summed E-state index contributed by atoms with van der Waals surface area (Å²) in [7, 11) is 3.32. The van der Waals surface area contributed by atoms with Crippen LogP contribution in [0.3, 0.4) is 0 Å². The van der Waals surface area contributed by atoms with Gasteiger partial charge in [-0.25, -0.2) is 0 Å².